The van der Waals surface area contributed by atoms with Crippen molar-refractivity contribution in [2.75, 3.05) is 53.1 Å². The van der Waals surface area contributed by atoms with E-state index in [9.17, 15) is 28.8 Å². The van der Waals surface area contributed by atoms with Crippen molar-refractivity contribution in [3.05, 3.63) is 129 Å². The quantitative estimate of drug-likeness (QED) is 0.0296. The summed E-state index contributed by atoms with van der Waals surface area (Å²) in [6.45, 7) is 2.32. The van der Waals surface area contributed by atoms with Crippen molar-refractivity contribution >= 4 is 127 Å². The summed E-state index contributed by atoms with van der Waals surface area (Å²) in [5.74, 6) is -2.36. The smallest absolute Gasteiger partial charge is 0.258 e. The molecule has 0 aliphatic heterocycles. The van der Waals surface area contributed by atoms with Gasteiger partial charge < -0.3 is 30.7 Å². The van der Waals surface area contributed by atoms with Gasteiger partial charge in [-0.1, -0.05) is 47.5 Å². The van der Waals surface area contributed by atoms with Crippen LogP contribution in [-0.4, -0.2) is 79.1 Å². The van der Waals surface area contributed by atoms with Gasteiger partial charge in [0.15, 0.2) is 11.6 Å². The van der Waals surface area contributed by atoms with Crippen LogP contribution in [0.4, 0.5) is 34.1 Å². The number of aryl methyl sites for hydroxylation is 3. The van der Waals surface area contributed by atoms with Gasteiger partial charge in [0.2, 0.25) is 12.1 Å². The second kappa shape index (κ2) is 25.8. The van der Waals surface area contributed by atoms with E-state index in [1.807, 2.05) is 0 Å². The van der Waals surface area contributed by atoms with E-state index < -0.39 is 47.3 Å². The molecule has 0 bridgehead atoms. The molecule has 4 amide bonds. The summed E-state index contributed by atoms with van der Waals surface area (Å²) < 4.78 is 10.6. The van der Waals surface area contributed by atoms with Gasteiger partial charge in [0.05, 0.1) is 35.4 Å². The molecule has 0 heterocycles. The average Bonchev–Trinajstić information content (AvgIpc) is 3.32. The van der Waals surface area contributed by atoms with Gasteiger partial charge in [0, 0.05) is 52.5 Å². The Morgan fingerprint density at radius 1 is 0.522 bits per heavy atom. The molecule has 0 aromatic heterocycles. The third-order valence-electron chi connectivity index (χ3n) is 10.1. The number of methoxy groups -OCH3 is 2. The van der Waals surface area contributed by atoms with Crippen LogP contribution in [-0.2, 0) is 38.4 Å². The first kappa shape index (κ1) is 53.5. The molecule has 5 aromatic carbocycles. The Morgan fingerprint density at radius 3 is 1.38 bits per heavy atom. The summed E-state index contributed by atoms with van der Waals surface area (Å²) in [6, 6.07) is 20.5. The van der Waals surface area contributed by atoms with Gasteiger partial charge in [-0.3, -0.25) is 28.8 Å². The maximum Gasteiger partial charge on any atom is 0.258 e. The Kier molecular flexibility index (Phi) is 20.0. The van der Waals surface area contributed by atoms with Gasteiger partial charge in [-0.2, -0.15) is 20.5 Å². The first-order chi connectivity index (χ1) is 33.1. The fourth-order valence-electron chi connectivity index (χ4n) is 6.55. The maximum atomic E-state index is 13.6. The summed E-state index contributed by atoms with van der Waals surface area (Å²) in [4.78, 5) is 79.3. The number of hydrogen-bond acceptors (Lipinski definition) is 12. The second-order valence-corrected chi connectivity index (χ2v) is 16.7. The van der Waals surface area contributed by atoms with Gasteiger partial charge in [0.25, 0.3) is 23.6 Å². The molecule has 5 aromatic rings. The summed E-state index contributed by atoms with van der Waals surface area (Å²) in [6.07, 6.45) is 1.15. The number of nitrogens with zero attached hydrogens (tertiary/aromatic N) is 4. The number of carbonyl (C=O) groups is 6. The number of nitrogens with one attached hydrogen (secondary N) is 4. The molecule has 0 spiro atoms. The number of alkyl halides is 3. The van der Waals surface area contributed by atoms with Crippen LogP contribution in [0.2, 0.25) is 10.0 Å². The summed E-state index contributed by atoms with van der Waals surface area (Å²) in [5, 5.41) is 26.9. The SMILES string of the molecule is COc1ccc(CCCl)c(NC(=O)c2cccc(N=NC(C(C)=O)C(=O)Nc3ccc(NC(=O)C(N=Nc4cccc(C(=O)Nc5cc(OC)ccc5CCCl)c4Cl)C(C)=O)c(CCCl)c3)c2Cl)c1. The standard InChI is InChI=1S/C48H45Cl5N8O8/c1-26(62)43(60-58-37-9-5-7-34(41(37)52)45(64)56-39-24-32(68-3)14-11-28(39)17-20-49)47(66)54-31-13-16-36(30(23-31)19-22-51)55-48(67)44(27(2)63)61-59-38-10-6-8-35(42(38)53)46(65)57-40-25-33(69-4)15-12-29(40)18-21-50/h5-16,23-25,43-44H,17-22H2,1-4H3,(H,54,66)(H,55,67)(H,56,64)(H,57,65). The predicted octanol–water partition coefficient (Wildman–Crippen LogP) is 11.2. The number of ether oxygens (including phenoxy) is 2. The van der Waals surface area contributed by atoms with Gasteiger partial charge in [0.1, 0.15) is 22.9 Å². The van der Waals surface area contributed by atoms with Gasteiger partial charge in [-0.05, 0) is 104 Å². The molecule has 0 aliphatic rings. The lowest BCUT2D eigenvalue weighted by atomic mass is 10.1. The highest BCUT2D eigenvalue weighted by atomic mass is 35.5. The van der Waals surface area contributed by atoms with Gasteiger partial charge in [-0.15, -0.1) is 34.8 Å². The van der Waals surface area contributed by atoms with E-state index in [-0.39, 0.29) is 56.2 Å². The highest BCUT2D eigenvalue weighted by Gasteiger charge is 2.27. The zero-order valence-corrected chi connectivity index (χ0v) is 41.3. The van der Waals surface area contributed by atoms with E-state index in [4.69, 9.17) is 67.5 Å². The molecule has 0 radical (unpaired) electrons. The molecule has 0 fully saturated rings. The number of carbonyl (C=O) groups excluding carboxylic acids is 6. The van der Waals surface area contributed by atoms with Crippen molar-refractivity contribution in [1.82, 2.24) is 0 Å². The van der Waals surface area contributed by atoms with E-state index in [1.165, 1.54) is 68.8 Å². The van der Waals surface area contributed by atoms with Crippen LogP contribution < -0.4 is 30.7 Å². The van der Waals surface area contributed by atoms with Gasteiger partial charge >= 0.3 is 0 Å². The lowest BCUT2D eigenvalue weighted by molar-refractivity contribution is -0.127. The normalized spacial score (nSPS) is 12.0. The number of halogens is 5. The van der Waals surface area contributed by atoms with Gasteiger partial charge in [-0.25, -0.2) is 0 Å². The van der Waals surface area contributed by atoms with Crippen LogP contribution in [0.3, 0.4) is 0 Å². The van der Waals surface area contributed by atoms with Crippen LogP contribution >= 0.6 is 58.0 Å². The van der Waals surface area contributed by atoms with Crippen LogP contribution in [0, 0.1) is 0 Å². The number of amides is 4. The molecular formula is C48H45Cl5N8O8. The Morgan fingerprint density at radius 2 is 0.957 bits per heavy atom. The third kappa shape index (κ3) is 14.3. The highest BCUT2D eigenvalue weighted by Crippen LogP contribution is 2.33. The summed E-state index contributed by atoms with van der Waals surface area (Å²) in [7, 11) is 3.00. The minimum absolute atomic E-state index is 0.0167. The number of rotatable bonds is 22. The number of benzene rings is 5. The van der Waals surface area contributed by atoms with E-state index in [1.54, 1.807) is 36.4 Å². The zero-order chi connectivity index (χ0) is 50.2. The van der Waals surface area contributed by atoms with Crippen LogP contribution in [0.25, 0.3) is 0 Å². The molecule has 0 aliphatic carbocycles. The minimum atomic E-state index is -1.64. The van der Waals surface area contributed by atoms with Crippen molar-refractivity contribution < 1.29 is 38.2 Å². The molecule has 2 atom stereocenters. The molecular weight excluding hydrogens is 994 g/mol. The topological polar surface area (TPSA) is 218 Å². The molecule has 21 heteroatoms. The zero-order valence-electron chi connectivity index (χ0n) is 37.5. The van der Waals surface area contributed by atoms with Crippen LogP contribution in [0.1, 0.15) is 51.3 Å². The molecule has 0 saturated carbocycles. The Hall–Kier alpha value is -6.43. The Labute approximate surface area is 422 Å². The van der Waals surface area contributed by atoms with E-state index >= 15 is 0 Å². The first-order valence-electron chi connectivity index (χ1n) is 20.9. The van der Waals surface area contributed by atoms with Crippen molar-refractivity contribution in [2.24, 2.45) is 20.5 Å². The van der Waals surface area contributed by atoms with E-state index in [2.05, 4.69) is 41.7 Å². The number of ketones is 2. The third-order valence-corrected chi connectivity index (χ3v) is 11.5. The largest absolute Gasteiger partial charge is 0.497 e. The fraction of sp³-hybridized carbons (Fsp3) is 0.250. The maximum absolute atomic E-state index is 13.6. The monoisotopic (exact) mass is 1040 g/mol. The van der Waals surface area contributed by atoms with Crippen LogP contribution in [0.15, 0.2) is 111 Å². The Bertz CT molecular complexity index is 2810. The van der Waals surface area contributed by atoms with Crippen molar-refractivity contribution in [3.8, 4) is 11.5 Å². The number of azo groups is 2. The molecule has 5 rings (SSSR count). The molecule has 4 N–H and O–H groups in total. The average molecular weight is 1040 g/mol. The Balaban J connectivity index is 1.29. The van der Waals surface area contributed by atoms with Crippen molar-refractivity contribution in [1.29, 1.82) is 0 Å². The highest BCUT2D eigenvalue weighted by molar-refractivity contribution is 6.37. The van der Waals surface area contributed by atoms with Crippen molar-refractivity contribution in [3.63, 3.8) is 0 Å². The predicted molar refractivity (Wildman–Crippen MR) is 270 cm³/mol. The molecule has 16 nitrogen and oxygen atoms in total. The van der Waals surface area contributed by atoms with Crippen LogP contribution in [0.5, 0.6) is 11.5 Å². The lowest BCUT2D eigenvalue weighted by Crippen LogP contribution is -2.32. The number of hydrogen-bond donors (Lipinski definition) is 4. The van der Waals surface area contributed by atoms with E-state index in [0.717, 1.165) is 25.0 Å². The molecule has 2 unspecified atom stereocenters. The summed E-state index contributed by atoms with van der Waals surface area (Å²) in [5.41, 5.74) is 3.53. The fourth-order valence-corrected chi connectivity index (χ4v) is 7.66. The second-order valence-electron chi connectivity index (χ2n) is 14.9. The van der Waals surface area contributed by atoms with Crippen molar-refractivity contribution in [2.45, 2.75) is 45.2 Å². The first-order valence-corrected chi connectivity index (χ1v) is 23.3. The lowest BCUT2D eigenvalue weighted by Gasteiger charge is -2.16. The minimum Gasteiger partial charge on any atom is -0.497 e. The molecule has 69 heavy (non-hydrogen) atoms. The molecule has 360 valence electrons. The van der Waals surface area contributed by atoms with E-state index in [0.29, 0.717) is 53.0 Å². The molecule has 0 saturated heterocycles. The number of Topliss-reactive ketones (excluding diaryl/α,β-unsaturated/α-hetero) is 2. The summed E-state index contributed by atoms with van der Waals surface area (Å²) >= 11 is 31.3. The number of anilines is 4.